The van der Waals surface area contributed by atoms with Crippen LogP contribution in [0.25, 0.3) is 0 Å². The molecule has 17 heavy (non-hydrogen) atoms. The minimum Gasteiger partial charge on any atom is -0.312 e. The molecular formula is C12H21F3N2. The summed E-state index contributed by atoms with van der Waals surface area (Å²) in [5, 5.41) is 3.01. The van der Waals surface area contributed by atoms with Gasteiger partial charge in [-0.3, -0.25) is 0 Å². The first-order chi connectivity index (χ1) is 7.97. The first-order valence-corrected chi connectivity index (χ1v) is 6.47. The molecule has 2 rings (SSSR count). The van der Waals surface area contributed by atoms with Crippen LogP contribution < -0.4 is 5.32 Å². The molecule has 1 heterocycles. The van der Waals surface area contributed by atoms with Gasteiger partial charge in [-0.25, -0.2) is 0 Å². The van der Waals surface area contributed by atoms with E-state index in [1.807, 2.05) is 7.05 Å². The summed E-state index contributed by atoms with van der Waals surface area (Å²) >= 11 is 0. The Morgan fingerprint density at radius 3 is 2.41 bits per heavy atom. The van der Waals surface area contributed by atoms with Crippen molar-refractivity contribution in [3.05, 3.63) is 0 Å². The Kier molecular flexibility index (Phi) is 3.98. The lowest BCUT2D eigenvalue weighted by atomic mass is 10.0. The molecule has 2 unspecified atom stereocenters. The van der Waals surface area contributed by atoms with Gasteiger partial charge in [-0.1, -0.05) is 12.8 Å². The second-order valence-electron chi connectivity index (χ2n) is 5.46. The number of hydrogen-bond acceptors (Lipinski definition) is 2. The van der Waals surface area contributed by atoms with Gasteiger partial charge in [-0.15, -0.1) is 0 Å². The van der Waals surface area contributed by atoms with Crippen LogP contribution in [0, 0.1) is 5.92 Å². The molecule has 1 saturated heterocycles. The van der Waals surface area contributed by atoms with E-state index in [1.165, 1.54) is 25.7 Å². The van der Waals surface area contributed by atoms with Gasteiger partial charge >= 0.3 is 6.18 Å². The maximum Gasteiger partial charge on any atom is 0.393 e. The first-order valence-electron chi connectivity index (χ1n) is 6.47. The summed E-state index contributed by atoms with van der Waals surface area (Å²) in [6.07, 6.45) is 1.13. The number of hydrogen-bond donors (Lipinski definition) is 1. The second kappa shape index (κ2) is 5.14. The highest BCUT2D eigenvalue weighted by molar-refractivity contribution is 4.88. The zero-order valence-electron chi connectivity index (χ0n) is 10.3. The van der Waals surface area contributed by atoms with Crippen LogP contribution in [0.3, 0.4) is 0 Å². The molecule has 0 amide bonds. The normalized spacial score (nSPS) is 31.6. The molecule has 0 aromatic heterocycles. The van der Waals surface area contributed by atoms with E-state index >= 15 is 0 Å². The van der Waals surface area contributed by atoms with Crippen LogP contribution in [0.15, 0.2) is 0 Å². The van der Waals surface area contributed by atoms with Gasteiger partial charge < -0.3 is 10.2 Å². The largest absolute Gasteiger partial charge is 0.393 e. The molecule has 2 atom stereocenters. The molecular weight excluding hydrogens is 229 g/mol. The molecule has 0 bridgehead atoms. The molecule has 1 saturated carbocycles. The third kappa shape index (κ3) is 3.35. The molecule has 0 aromatic carbocycles. The summed E-state index contributed by atoms with van der Waals surface area (Å²) < 4.78 is 37.6. The van der Waals surface area contributed by atoms with E-state index in [9.17, 15) is 13.2 Å². The molecule has 2 aliphatic rings. The van der Waals surface area contributed by atoms with Gasteiger partial charge in [0.15, 0.2) is 0 Å². The fourth-order valence-electron chi connectivity index (χ4n) is 3.05. The van der Waals surface area contributed by atoms with Crippen molar-refractivity contribution in [3.8, 4) is 0 Å². The maximum absolute atomic E-state index is 12.5. The molecule has 2 nitrogen and oxygen atoms in total. The number of nitrogens with one attached hydrogen (secondary N) is 1. The van der Waals surface area contributed by atoms with Gasteiger partial charge in [-0.2, -0.15) is 13.2 Å². The number of likely N-dealkylation sites (N-methyl/N-ethyl adjacent to an activating group) is 1. The molecule has 100 valence electrons. The van der Waals surface area contributed by atoms with Crippen molar-refractivity contribution in [2.75, 3.05) is 20.1 Å². The minimum absolute atomic E-state index is 0.00669. The fourth-order valence-corrected chi connectivity index (χ4v) is 3.05. The average molecular weight is 250 g/mol. The third-order valence-corrected chi connectivity index (χ3v) is 4.14. The monoisotopic (exact) mass is 250 g/mol. The molecule has 1 aliphatic carbocycles. The van der Waals surface area contributed by atoms with Crippen LogP contribution in [0.1, 0.15) is 32.1 Å². The first kappa shape index (κ1) is 13.1. The molecule has 0 spiro atoms. The van der Waals surface area contributed by atoms with Crippen molar-refractivity contribution < 1.29 is 13.2 Å². The van der Waals surface area contributed by atoms with Crippen molar-refractivity contribution in [1.82, 2.24) is 10.2 Å². The Morgan fingerprint density at radius 2 is 1.88 bits per heavy atom. The van der Waals surface area contributed by atoms with Gasteiger partial charge in [0.1, 0.15) is 0 Å². The zero-order valence-corrected chi connectivity index (χ0v) is 10.3. The van der Waals surface area contributed by atoms with Gasteiger partial charge in [0.05, 0.1) is 5.92 Å². The molecule has 2 fully saturated rings. The molecule has 1 aliphatic heterocycles. The second-order valence-corrected chi connectivity index (χ2v) is 5.46. The summed E-state index contributed by atoms with van der Waals surface area (Å²) in [6.45, 7) is 0.837. The van der Waals surface area contributed by atoms with Crippen LogP contribution in [-0.4, -0.2) is 43.3 Å². The van der Waals surface area contributed by atoms with E-state index in [0.717, 1.165) is 6.54 Å². The van der Waals surface area contributed by atoms with Gasteiger partial charge in [0.25, 0.3) is 0 Å². The fraction of sp³-hybridized carbons (Fsp3) is 1.00. The van der Waals surface area contributed by atoms with E-state index in [2.05, 4.69) is 10.2 Å². The Labute approximate surface area is 101 Å². The van der Waals surface area contributed by atoms with Crippen LogP contribution in [0.4, 0.5) is 13.2 Å². The van der Waals surface area contributed by atoms with Crippen LogP contribution in [-0.2, 0) is 0 Å². The van der Waals surface area contributed by atoms with Gasteiger partial charge in [0, 0.05) is 25.2 Å². The molecule has 5 heteroatoms. The van der Waals surface area contributed by atoms with E-state index in [0.29, 0.717) is 6.04 Å². The maximum atomic E-state index is 12.5. The number of alkyl halides is 3. The van der Waals surface area contributed by atoms with Crippen molar-refractivity contribution in [1.29, 1.82) is 0 Å². The summed E-state index contributed by atoms with van der Waals surface area (Å²) in [5.41, 5.74) is 0. The SMILES string of the molecule is CN(CC1CC(C(F)(F)F)CN1)C1CCCC1. The minimum atomic E-state index is -4.03. The van der Waals surface area contributed by atoms with E-state index in [1.54, 1.807) is 0 Å². The van der Waals surface area contributed by atoms with Crippen molar-refractivity contribution in [2.24, 2.45) is 5.92 Å². The standard InChI is InChI=1S/C12H21F3N2/c1-17(11-4-2-3-5-11)8-10-6-9(7-16-10)12(13,14)15/h9-11,16H,2-8H2,1H3. The average Bonchev–Trinajstić information content (AvgIpc) is 2.85. The highest BCUT2D eigenvalue weighted by atomic mass is 19.4. The zero-order chi connectivity index (χ0) is 12.5. The topological polar surface area (TPSA) is 15.3 Å². The third-order valence-electron chi connectivity index (χ3n) is 4.14. The van der Waals surface area contributed by atoms with Crippen molar-refractivity contribution in [2.45, 2.75) is 50.4 Å². The molecule has 0 aromatic rings. The highest BCUT2D eigenvalue weighted by Gasteiger charge is 2.44. The summed E-state index contributed by atoms with van der Waals surface area (Å²) in [7, 11) is 2.04. The Balaban J connectivity index is 1.77. The molecule has 1 N–H and O–H groups in total. The smallest absolute Gasteiger partial charge is 0.312 e. The van der Waals surface area contributed by atoms with Gasteiger partial charge in [0.2, 0.25) is 0 Å². The lowest BCUT2D eigenvalue weighted by Gasteiger charge is -2.27. The van der Waals surface area contributed by atoms with Crippen molar-refractivity contribution >= 4 is 0 Å². The Morgan fingerprint density at radius 1 is 1.24 bits per heavy atom. The van der Waals surface area contributed by atoms with Gasteiger partial charge in [-0.05, 0) is 26.3 Å². The van der Waals surface area contributed by atoms with Crippen molar-refractivity contribution in [3.63, 3.8) is 0 Å². The van der Waals surface area contributed by atoms with Crippen LogP contribution in [0.5, 0.6) is 0 Å². The number of rotatable bonds is 3. The summed E-state index contributed by atoms with van der Waals surface area (Å²) in [4.78, 5) is 2.24. The van der Waals surface area contributed by atoms with E-state index in [-0.39, 0.29) is 19.0 Å². The highest BCUT2D eigenvalue weighted by Crippen LogP contribution is 2.33. The predicted molar refractivity (Wildman–Crippen MR) is 60.8 cm³/mol. The van der Waals surface area contributed by atoms with E-state index in [4.69, 9.17) is 0 Å². The predicted octanol–water partition coefficient (Wildman–Crippen LogP) is 2.40. The Bertz CT molecular complexity index is 249. The van der Waals surface area contributed by atoms with Crippen LogP contribution in [0.2, 0.25) is 0 Å². The summed E-state index contributed by atoms with van der Waals surface area (Å²) in [6, 6.07) is 0.592. The number of nitrogens with zero attached hydrogens (tertiary/aromatic N) is 1. The lowest BCUT2D eigenvalue weighted by Crippen LogP contribution is -2.39. The number of halogens is 3. The Hall–Kier alpha value is -0.290. The molecule has 0 radical (unpaired) electrons. The quantitative estimate of drug-likeness (QED) is 0.827. The lowest BCUT2D eigenvalue weighted by molar-refractivity contribution is -0.169. The summed E-state index contributed by atoms with van der Waals surface area (Å²) in [5.74, 6) is -1.15. The van der Waals surface area contributed by atoms with E-state index < -0.39 is 12.1 Å². The van der Waals surface area contributed by atoms with Crippen LogP contribution >= 0.6 is 0 Å².